The average molecular weight is 495 g/mol. The molecule has 3 aromatic carbocycles. The summed E-state index contributed by atoms with van der Waals surface area (Å²) in [4.78, 5) is 23.5. The van der Waals surface area contributed by atoms with E-state index in [9.17, 15) is 4.79 Å². The lowest BCUT2D eigenvalue weighted by Gasteiger charge is -2.43. The van der Waals surface area contributed by atoms with E-state index in [1.807, 2.05) is 18.2 Å². The van der Waals surface area contributed by atoms with E-state index in [1.54, 1.807) is 0 Å². The molecule has 2 saturated heterocycles. The van der Waals surface area contributed by atoms with Gasteiger partial charge in [0.25, 0.3) is 0 Å². The number of carbonyl (C=O) groups excluding carboxylic acids is 1. The van der Waals surface area contributed by atoms with E-state index < -0.39 is 5.41 Å². The minimum absolute atomic E-state index is 0.262. The monoisotopic (exact) mass is 494 g/mol. The Morgan fingerprint density at radius 2 is 1.43 bits per heavy atom. The van der Waals surface area contributed by atoms with Gasteiger partial charge in [-0.25, -0.2) is 4.98 Å². The minimum Gasteiger partial charge on any atom is -0.381 e. The summed E-state index contributed by atoms with van der Waals surface area (Å²) in [5.74, 6) is 1.34. The van der Waals surface area contributed by atoms with Crippen molar-refractivity contribution in [2.24, 2.45) is 0 Å². The van der Waals surface area contributed by atoms with E-state index in [-0.39, 0.29) is 5.91 Å². The number of amides is 1. The molecule has 6 rings (SSSR count). The molecule has 0 unspecified atom stereocenters. The largest absolute Gasteiger partial charge is 0.381 e. The molecule has 2 aliphatic heterocycles. The topological polar surface area (TPSA) is 50.6 Å². The molecule has 0 atom stereocenters. The number of aromatic nitrogens is 2. The molecule has 37 heavy (non-hydrogen) atoms. The molecule has 4 aromatic rings. The number of hydrogen-bond donors (Lipinski definition) is 0. The Balaban J connectivity index is 1.18. The predicted molar refractivity (Wildman–Crippen MR) is 145 cm³/mol. The number of hydrogen-bond acceptors (Lipinski definition) is 4. The first-order chi connectivity index (χ1) is 18.2. The van der Waals surface area contributed by atoms with Crippen molar-refractivity contribution < 1.29 is 9.53 Å². The van der Waals surface area contributed by atoms with Crippen LogP contribution in [-0.4, -0.2) is 64.7 Å². The van der Waals surface area contributed by atoms with Crippen LogP contribution in [0.25, 0.3) is 11.0 Å². The SMILES string of the molecule is O=C(N1CCN(Cc2nc3ccccc3n2Cc2ccccc2)CC1)C1(c2ccccc2)CCOCC1. The van der Waals surface area contributed by atoms with Crippen LogP contribution in [0.1, 0.15) is 29.8 Å². The Morgan fingerprint density at radius 1 is 0.784 bits per heavy atom. The number of piperazine rings is 1. The smallest absolute Gasteiger partial charge is 0.233 e. The number of rotatable bonds is 6. The van der Waals surface area contributed by atoms with Crippen molar-refractivity contribution in [1.29, 1.82) is 0 Å². The highest BCUT2D eigenvalue weighted by atomic mass is 16.5. The quantitative estimate of drug-likeness (QED) is 0.397. The molecule has 1 aromatic heterocycles. The summed E-state index contributed by atoms with van der Waals surface area (Å²) in [6.45, 7) is 6.04. The summed E-state index contributed by atoms with van der Waals surface area (Å²) in [6, 6.07) is 29.3. The summed E-state index contributed by atoms with van der Waals surface area (Å²) < 4.78 is 8.00. The van der Waals surface area contributed by atoms with Gasteiger partial charge >= 0.3 is 0 Å². The number of benzene rings is 3. The molecule has 0 spiro atoms. The van der Waals surface area contributed by atoms with E-state index in [0.717, 1.165) is 69.0 Å². The van der Waals surface area contributed by atoms with Crippen molar-refractivity contribution in [3.05, 3.63) is 102 Å². The minimum atomic E-state index is -0.467. The van der Waals surface area contributed by atoms with Crippen molar-refractivity contribution in [3.63, 3.8) is 0 Å². The highest BCUT2D eigenvalue weighted by Gasteiger charge is 2.44. The molecule has 0 aliphatic carbocycles. The molecule has 1 amide bonds. The lowest BCUT2D eigenvalue weighted by atomic mass is 9.73. The van der Waals surface area contributed by atoms with Crippen LogP contribution >= 0.6 is 0 Å². The first-order valence-electron chi connectivity index (χ1n) is 13.4. The number of para-hydroxylation sites is 2. The van der Waals surface area contributed by atoms with Gasteiger partial charge in [-0.3, -0.25) is 9.69 Å². The Morgan fingerprint density at radius 3 is 2.16 bits per heavy atom. The zero-order chi connectivity index (χ0) is 25.1. The number of nitrogens with zero attached hydrogens (tertiary/aromatic N) is 4. The fourth-order valence-electron chi connectivity index (χ4n) is 5.90. The third-order valence-corrected chi connectivity index (χ3v) is 8.02. The van der Waals surface area contributed by atoms with Crippen LogP contribution in [0.5, 0.6) is 0 Å². The van der Waals surface area contributed by atoms with Gasteiger partial charge in [-0.05, 0) is 36.1 Å². The molecule has 190 valence electrons. The standard InChI is InChI=1S/C31H34N4O2/c36-30(31(15-21-37-22-16-31)26-11-5-2-6-12-26)34-19-17-33(18-20-34)24-29-32-27-13-7-8-14-28(27)35(29)23-25-9-3-1-4-10-25/h1-14H,15-24H2. The fraction of sp³-hybridized carbons (Fsp3) is 0.355. The van der Waals surface area contributed by atoms with Crippen LogP contribution in [0.15, 0.2) is 84.9 Å². The van der Waals surface area contributed by atoms with E-state index in [1.165, 1.54) is 11.1 Å². The molecule has 2 aliphatic rings. The molecule has 3 heterocycles. The molecule has 6 nitrogen and oxygen atoms in total. The Bertz CT molecular complexity index is 1340. The zero-order valence-electron chi connectivity index (χ0n) is 21.3. The second-order valence-corrected chi connectivity index (χ2v) is 10.2. The van der Waals surface area contributed by atoms with Crippen LogP contribution in [0.2, 0.25) is 0 Å². The normalized spacial score (nSPS) is 18.2. The molecule has 0 radical (unpaired) electrons. The summed E-state index contributed by atoms with van der Waals surface area (Å²) in [6.07, 6.45) is 1.50. The van der Waals surface area contributed by atoms with Gasteiger partial charge in [0.05, 0.1) is 23.0 Å². The van der Waals surface area contributed by atoms with Gasteiger partial charge in [-0.1, -0.05) is 72.8 Å². The maximum absolute atomic E-state index is 14.0. The summed E-state index contributed by atoms with van der Waals surface area (Å²) in [5, 5.41) is 0. The van der Waals surface area contributed by atoms with Crippen molar-refractivity contribution in [2.75, 3.05) is 39.4 Å². The van der Waals surface area contributed by atoms with Gasteiger partial charge < -0.3 is 14.2 Å². The lowest BCUT2D eigenvalue weighted by molar-refractivity contribution is -0.143. The van der Waals surface area contributed by atoms with Crippen LogP contribution < -0.4 is 0 Å². The van der Waals surface area contributed by atoms with Gasteiger partial charge in [0, 0.05) is 45.9 Å². The van der Waals surface area contributed by atoms with Crippen LogP contribution in [-0.2, 0) is 28.0 Å². The number of carbonyl (C=O) groups is 1. The summed E-state index contributed by atoms with van der Waals surface area (Å²) in [5.41, 5.74) is 4.13. The lowest BCUT2D eigenvalue weighted by Crippen LogP contribution is -2.55. The van der Waals surface area contributed by atoms with Crippen molar-refractivity contribution in [2.45, 2.75) is 31.3 Å². The Kier molecular flexibility index (Phi) is 6.77. The van der Waals surface area contributed by atoms with Gasteiger partial charge in [0.15, 0.2) is 0 Å². The van der Waals surface area contributed by atoms with E-state index in [2.05, 4.69) is 81.1 Å². The summed E-state index contributed by atoms with van der Waals surface area (Å²) >= 11 is 0. The molecule has 2 fully saturated rings. The average Bonchev–Trinajstić information content (AvgIpc) is 3.31. The highest BCUT2D eigenvalue weighted by molar-refractivity contribution is 5.88. The fourth-order valence-corrected chi connectivity index (χ4v) is 5.90. The van der Waals surface area contributed by atoms with Crippen LogP contribution in [0.4, 0.5) is 0 Å². The molecular formula is C31H34N4O2. The van der Waals surface area contributed by atoms with E-state index in [0.29, 0.717) is 13.2 Å². The second-order valence-electron chi connectivity index (χ2n) is 10.2. The first-order valence-corrected chi connectivity index (χ1v) is 13.4. The molecule has 6 heteroatoms. The number of imidazole rings is 1. The predicted octanol–water partition coefficient (Wildman–Crippen LogP) is 4.48. The van der Waals surface area contributed by atoms with Gasteiger partial charge in [0.1, 0.15) is 5.82 Å². The van der Waals surface area contributed by atoms with Crippen molar-refractivity contribution in [3.8, 4) is 0 Å². The van der Waals surface area contributed by atoms with Gasteiger partial charge in [-0.15, -0.1) is 0 Å². The van der Waals surface area contributed by atoms with Crippen LogP contribution in [0.3, 0.4) is 0 Å². The maximum atomic E-state index is 14.0. The Labute approximate surface area is 218 Å². The molecule has 0 N–H and O–H groups in total. The summed E-state index contributed by atoms with van der Waals surface area (Å²) in [7, 11) is 0. The van der Waals surface area contributed by atoms with Gasteiger partial charge in [-0.2, -0.15) is 0 Å². The zero-order valence-corrected chi connectivity index (χ0v) is 21.3. The maximum Gasteiger partial charge on any atom is 0.233 e. The molecular weight excluding hydrogens is 460 g/mol. The van der Waals surface area contributed by atoms with E-state index >= 15 is 0 Å². The van der Waals surface area contributed by atoms with E-state index in [4.69, 9.17) is 9.72 Å². The first kappa shape index (κ1) is 23.9. The highest BCUT2D eigenvalue weighted by Crippen LogP contribution is 2.37. The Hall–Kier alpha value is -3.48. The van der Waals surface area contributed by atoms with Crippen LogP contribution in [0, 0.1) is 0 Å². The van der Waals surface area contributed by atoms with Gasteiger partial charge in [0.2, 0.25) is 5.91 Å². The third-order valence-electron chi connectivity index (χ3n) is 8.02. The molecule has 0 bridgehead atoms. The second kappa shape index (κ2) is 10.5. The molecule has 0 saturated carbocycles. The number of ether oxygens (including phenoxy) is 1. The van der Waals surface area contributed by atoms with Crippen molar-refractivity contribution in [1.82, 2.24) is 19.4 Å². The van der Waals surface area contributed by atoms with Crippen molar-refractivity contribution >= 4 is 16.9 Å². The number of fused-ring (bicyclic) bond motifs is 1. The third kappa shape index (κ3) is 4.79.